The fraction of sp³-hybridized carbons (Fsp3) is 0.357. The minimum atomic E-state index is -4.08. The Kier molecular flexibility index (Phi) is 7.02. The first-order valence-corrected chi connectivity index (χ1v) is 14.1. The van der Waals surface area contributed by atoms with Gasteiger partial charge in [0.05, 0.1) is 18.5 Å². The second kappa shape index (κ2) is 10.3. The summed E-state index contributed by atoms with van der Waals surface area (Å²) >= 11 is 0. The van der Waals surface area contributed by atoms with E-state index in [0.717, 1.165) is 27.2 Å². The lowest BCUT2D eigenvalue weighted by Crippen LogP contribution is -2.45. The van der Waals surface area contributed by atoms with Gasteiger partial charge in [0.2, 0.25) is 15.9 Å². The molecule has 0 N–H and O–H groups in total. The number of aromatic nitrogens is 2. The van der Waals surface area contributed by atoms with Crippen molar-refractivity contribution < 1.29 is 22.7 Å². The normalized spacial score (nSPS) is 20.6. The topological polar surface area (TPSA) is 115 Å². The third kappa shape index (κ3) is 4.81. The molecule has 2 fully saturated rings. The molecule has 4 heterocycles. The highest BCUT2D eigenvalue weighted by Gasteiger charge is 2.54. The summed E-state index contributed by atoms with van der Waals surface area (Å²) < 4.78 is 28.3. The molecular weight excluding hydrogens is 504 g/mol. The molecule has 10 heteroatoms. The zero-order chi connectivity index (χ0) is 27.0. The van der Waals surface area contributed by atoms with Crippen LogP contribution in [0.5, 0.6) is 0 Å². The fourth-order valence-electron chi connectivity index (χ4n) is 5.59. The van der Waals surface area contributed by atoms with Crippen LogP contribution in [-0.2, 0) is 19.6 Å². The summed E-state index contributed by atoms with van der Waals surface area (Å²) in [6, 6.07) is 12.9. The number of carbonyl (C=O) groups is 2. The van der Waals surface area contributed by atoms with E-state index in [1.165, 1.54) is 18.3 Å². The molecule has 3 aromatic rings. The summed E-state index contributed by atoms with van der Waals surface area (Å²) in [5.41, 5.74) is 2.82. The van der Waals surface area contributed by atoms with E-state index in [-0.39, 0.29) is 29.0 Å². The van der Waals surface area contributed by atoms with Crippen LogP contribution in [0.15, 0.2) is 78.2 Å². The zero-order valence-electron chi connectivity index (χ0n) is 21.3. The van der Waals surface area contributed by atoms with Crippen molar-refractivity contribution in [2.24, 2.45) is 5.92 Å². The van der Waals surface area contributed by atoms with Crippen LogP contribution in [0.2, 0.25) is 0 Å². The quantitative estimate of drug-likeness (QED) is 0.340. The van der Waals surface area contributed by atoms with Crippen molar-refractivity contribution in [1.82, 2.24) is 14.2 Å². The Balaban J connectivity index is 1.44. The first-order valence-electron chi connectivity index (χ1n) is 12.7. The summed E-state index contributed by atoms with van der Waals surface area (Å²) in [6.45, 7) is 4.08. The molecule has 0 spiro atoms. The number of fused-ring (bicyclic) bond motifs is 1. The SMILES string of the molecule is CC(C)CC(C(=O)N1CCC2C1C(=O)CN2S(=O)(=O)c1ccc[n+]([O-])c1)c1cccc(-c2ccncc2)c1. The van der Waals surface area contributed by atoms with Crippen LogP contribution in [0.25, 0.3) is 11.1 Å². The number of carbonyl (C=O) groups excluding carboxylic acids is 2. The number of amides is 1. The highest BCUT2D eigenvalue weighted by atomic mass is 32.2. The molecule has 9 nitrogen and oxygen atoms in total. The third-order valence-corrected chi connectivity index (χ3v) is 9.18. The minimum absolute atomic E-state index is 0.164. The van der Waals surface area contributed by atoms with E-state index >= 15 is 0 Å². The first-order chi connectivity index (χ1) is 18.2. The van der Waals surface area contributed by atoms with Crippen molar-refractivity contribution in [1.29, 1.82) is 0 Å². The molecule has 5 rings (SSSR count). The average molecular weight is 535 g/mol. The first kappa shape index (κ1) is 26.0. The van der Waals surface area contributed by atoms with Crippen LogP contribution >= 0.6 is 0 Å². The second-order valence-electron chi connectivity index (χ2n) is 10.3. The zero-order valence-corrected chi connectivity index (χ0v) is 22.1. The largest absolute Gasteiger partial charge is 0.619 e. The molecule has 1 aromatic carbocycles. The van der Waals surface area contributed by atoms with Gasteiger partial charge in [0.25, 0.3) is 0 Å². The van der Waals surface area contributed by atoms with Crippen LogP contribution in [0, 0.1) is 11.1 Å². The highest BCUT2D eigenvalue weighted by Crippen LogP contribution is 2.37. The average Bonchev–Trinajstić information content (AvgIpc) is 3.49. The van der Waals surface area contributed by atoms with E-state index in [1.807, 2.05) is 36.4 Å². The Morgan fingerprint density at radius 1 is 1.13 bits per heavy atom. The predicted octanol–water partition coefficient (Wildman–Crippen LogP) is 2.75. The number of likely N-dealkylation sites (tertiary alicyclic amines) is 1. The molecule has 2 aliphatic rings. The molecule has 3 atom stereocenters. The number of ketones is 1. The summed E-state index contributed by atoms with van der Waals surface area (Å²) in [6.07, 6.45) is 6.58. The maximum Gasteiger partial charge on any atom is 0.249 e. The molecule has 1 amide bonds. The van der Waals surface area contributed by atoms with Gasteiger partial charge in [0, 0.05) is 25.0 Å². The monoisotopic (exact) mass is 534 g/mol. The van der Waals surface area contributed by atoms with Gasteiger partial charge in [-0.15, -0.1) is 0 Å². The predicted molar refractivity (Wildman–Crippen MR) is 140 cm³/mol. The summed E-state index contributed by atoms with van der Waals surface area (Å²) in [5.74, 6) is -0.713. The highest BCUT2D eigenvalue weighted by molar-refractivity contribution is 7.89. The van der Waals surface area contributed by atoms with Crippen molar-refractivity contribution in [3.63, 3.8) is 0 Å². The lowest BCUT2D eigenvalue weighted by atomic mass is 9.87. The van der Waals surface area contributed by atoms with Gasteiger partial charge in [-0.25, -0.2) is 8.42 Å². The fourth-order valence-corrected chi connectivity index (χ4v) is 7.23. The van der Waals surface area contributed by atoms with Crippen LogP contribution in [0.3, 0.4) is 0 Å². The minimum Gasteiger partial charge on any atom is -0.619 e. The number of rotatable bonds is 7. The molecule has 3 unspecified atom stereocenters. The standard InChI is InChI=1S/C28H30N4O5S/c1-19(2)15-24(22-6-3-5-21(16-22)20-8-11-29-12-9-20)28(34)31-14-10-25-27(31)26(33)18-32(25)38(36,37)23-7-4-13-30(35)17-23/h3-9,11-13,16-17,19,24-25,27H,10,14-15,18H2,1-2H3. The van der Waals surface area contributed by atoms with Crippen molar-refractivity contribution in [2.45, 2.75) is 49.6 Å². The Hall–Kier alpha value is -3.63. The van der Waals surface area contributed by atoms with Crippen molar-refractivity contribution in [3.05, 3.63) is 84.1 Å². The maximum atomic E-state index is 14.0. The lowest BCUT2D eigenvalue weighted by molar-refractivity contribution is -0.607. The Morgan fingerprint density at radius 2 is 1.89 bits per heavy atom. The third-order valence-electron chi connectivity index (χ3n) is 7.32. The number of hydrogen-bond acceptors (Lipinski definition) is 6. The summed E-state index contributed by atoms with van der Waals surface area (Å²) in [4.78, 5) is 32.7. The molecule has 2 saturated heterocycles. The lowest BCUT2D eigenvalue weighted by Gasteiger charge is -2.29. The van der Waals surface area contributed by atoms with E-state index in [1.54, 1.807) is 17.3 Å². The van der Waals surface area contributed by atoms with E-state index < -0.39 is 28.0 Å². The van der Waals surface area contributed by atoms with E-state index in [0.29, 0.717) is 24.1 Å². The van der Waals surface area contributed by atoms with Crippen LogP contribution in [0.4, 0.5) is 0 Å². The van der Waals surface area contributed by atoms with Crippen LogP contribution < -0.4 is 4.73 Å². The van der Waals surface area contributed by atoms with Crippen LogP contribution in [-0.4, -0.2) is 59.5 Å². The van der Waals surface area contributed by atoms with Gasteiger partial charge in [0.15, 0.2) is 18.2 Å². The van der Waals surface area contributed by atoms with E-state index in [4.69, 9.17) is 0 Å². The molecule has 2 aromatic heterocycles. The number of Topliss-reactive ketones (excluding diaryl/α,β-unsaturated/α-hetero) is 1. The Labute approximate surface area is 222 Å². The molecule has 2 aliphatic heterocycles. The van der Waals surface area contributed by atoms with Gasteiger partial charge >= 0.3 is 0 Å². The number of pyridine rings is 2. The number of sulfonamides is 1. The summed E-state index contributed by atoms with van der Waals surface area (Å²) in [5, 5.41) is 11.7. The van der Waals surface area contributed by atoms with Crippen molar-refractivity contribution in [3.8, 4) is 11.1 Å². The number of benzene rings is 1. The van der Waals surface area contributed by atoms with Crippen molar-refractivity contribution in [2.75, 3.05) is 13.1 Å². The van der Waals surface area contributed by atoms with Gasteiger partial charge in [-0.2, -0.15) is 9.04 Å². The molecule has 0 aliphatic carbocycles. The Morgan fingerprint density at radius 3 is 2.61 bits per heavy atom. The molecule has 38 heavy (non-hydrogen) atoms. The number of nitrogens with zero attached hydrogens (tertiary/aromatic N) is 4. The molecule has 198 valence electrons. The van der Waals surface area contributed by atoms with Gasteiger partial charge < -0.3 is 10.1 Å². The van der Waals surface area contributed by atoms with Gasteiger partial charge in [-0.1, -0.05) is 38.1 Å². The van der Waals surface area contributed by atoms with Gasteiger partial charge in [-0.3, -0.25) is 14.6 Å². The van der Waals surface area contributed by atoms with Gasteiger partial charge in [0.1, 0.15) is 10.9 Å². The van der Waals surface area contributed by atoms with Gasteiger partial charge in [-0.05, 0) is 53.6 Å². The van der Waals surface area contributed by atoms with E-state index in [9.17, 15) is 23.2 Å². The van der Waals surface area contributed by atoms with E-state index in [2.05, 4.69) is 18.8 Å². The van der Waals surface area contributed by atoms with Crippen LogP contribution in [0.1, 0.15) is 38.2 Å². The van der Waals surface area contributed by atoms with Crippen molar-refractivity contribution >= 4 is 21.7 Å². The Bertz CT molecular complexity index is 1460. The smallest absolute Gasteiger partial charge is 0.249 e. The summed E-state index contributed by atoms with van der Waals surface area (Å²) in [7, 11) is -4.08. The maximum absolute atomic E-state index is 14.0. The second-order valence-corrected chi connectivity index (χ2v) is 12.2. The molecular formula is C28H30N4O5S. The molecule has 0 bridgehead atoms. The molecule has 0 saturated carbocycles. The number of hydrogen-bond donors (Lipinski definition) is 0. The molecule has 0 radical (unpaired) electrons.